The van der Waals surface area contributed by atoms with Crippen LogP contribution < -0.4 is 4.74 Å². The molecule has 0 radical (unpaired) electrons. The third kappa shape index (κ3) is 4.62. The molecule has 140 valence electrons. The molecule has 0 bridgehead atoms. The van der Waals surface area contributed by atoms with Crippen LogP contribution in [0.25, 0.3) is 11.4 Å². The molecular formula is C19H17ClFN3O3. The zero-order valence-corrected chi connectivity index (χ0v) is 15.5. The average molecular weight is 390 g/mol. The Balaban J connectivity index is 1.64. The molecule has 0 atom stereocenters. The van der Waals surface area contributed by atoms with E-state index < -0.39 is 5.82 Å². The standard InChI is InChI=1S/C19H17ClFN3O3/c1-24(18(25)9-13-3-6-14(20)10-16(13)21)11-17-22-19(23-27-17)12-4-7-15(26-2)8-5-12/h3-8,10H,9,11H2,1-2H3. The lowest BCUT2D eigenvalue weighted by molar-refractivity contribution is -0.130. The van der Waals surface area contributed by atoms with Gasteiger partial charge in [-0.3, -0.25) is 4.79 Å². The van der Waals surface area contributed by atoms with Crippen molar-refractivity contribution >= 4 is 17.5 Å². The normalized spacial score (nSPS) is 10.7. The van der Waals surface area contributed by atoms with Gasteiger partial charge in [-0.25, -0.2) is 4.39 Å². The topological polar surface area (TPSA) is 68.5 Å². The Bertz CT molecular complexity index is 944. The molecule has 0 fully saturated rings. The summed E-state index contributed by atoms with van der Waals surface area (Å²) >= 11 is 5.72. The Hall–Kier alpha value is -2.93. The van der Waals surface area contributed by atoms with Gasteiger partial charge in [0.2, 0.25) is 17.6 Å². The zero-order valence-electron chi connectivity index (χ0n) is 14.8. The van der Waals surface area contributed by atoms with Crippen LogP contribution in [0.15, 0.2) is 47.0 Å². The first kappa shape index (κ1) is 18.8. The van der Waals surface area contributed by atoms with E-state index in [4.69, 9.17) is 20.9 Å². The molecular weight excluding hydrogens is 373 g/mol. The number of rotatable bonds is 6. The summed E-state index contributed by atoms with van der Waals surface area (Å²) in [7, 11) is 3.18. The fraction of sp³-hybridized carbons (Fsp3) is 0.211. The molecule has 0 N–H and O–H groups in total. The number of halogens is 2. The summed E-state index contributed by atoms with van der Waals surface area (Å²) in [6, 6.07) is 11.4. The van der Waals surface area contributed by atoms with Crippen molar-refractivity contribution in [3.05, 3.63) is 64.8 Å². The van der Waals surface area contributed by atoms with E-state index in [1.807, 2.05) is 12.1 Å². The molecule has 1 aromatic heterocycles. The van der Waals surface area contributed by atoms with Crippen LogP contribution in [0.4, 0.5) is 4.39 Å². The lowest BCUT2D eigenvalue weighted by Crippen LogP contribution is -2.28. The number of hydrogen-bond acceptors (Lipinski definition) is 5. The molecule has 8 heteroatoms. The van der Waals surface area contributed by atoms with Gasteiger partial charge < -0.3 is 14.2 Å². The minimum atomic E-state index is -0.510. The van der Waals surface area contributed by atoms with E-state index in [9.17, 15) is 9.18 Å². The van der Waals surface area contributed by atoms with Gasteiger partial charge in [-0.2, -0.15) is 4.98 Å². The van der Waals surface area contributed by atoms with E-state index in [2.05, 4.69) is 10.1 Å². The first-order valence-electron chi connectivity index (χ1n) is 8.11. The van der Waals surface area contributed by atoms with Crippen LogP contribution in [0.2, 0.25) is 5.02 Å². The SMILES string of the molecule is COc1ccc(-c2noc(CN(C)C(=O)Cc3ccc(Cl)cc3F)n2)cc1. The smallest absolute Gasteiger partial charge is 0.246 e. The molecule has 1 heterocycles. The van der Waals surface area contributed by atoms with Crippen molar-refractivity contribution in [1.29, 1.82) is 0 Å². The fourth-order valence-corrected chi connectivity index (χ4v) is 2.59. The molecule has 0 saturated heterocycles. The third-order valence-corrected chi connectivity index (χ3v) is 4.21. The second-order valence-electron chi connectivity index (χ2n) is 5.90. The van der Waals surface area contributed by atoms with Gasteiger partial charge in [0.15, 0.2) is 0 Å². The molecule has 27 heavy (non-hydrogen) atoms. The van der Waals surface area contributed by atoms with Crippen LogP contribution in [0.1, 0.15) is 11.5 Å². The summed E-state index contributed by atoms with van der Waals surface area (Å²) in [4.78, 5) is 18.0. The van der Waals surface area contributed by atoms with Gasteiger partial charge >= 0.3 is 0 Å². The highest BCUT2D eigenvalue weighted by Crippen LogP contribution is 2.20. The van der Waals surface area contributed by atoms with Gasteiger partial charge in [0.05, 0.1) is 20.1 Å². The van der Waals surface area contributed by atoms with Crippen molar-refractivity contribution in [2.45, 2.75) is 13.0 Å². The Morgan fingerprint density at radius 3 is 2.67 bits per heavy atom. The maximum absolute atomic E-state index is 13.8. The molecule has 0 aliphatic heterocycles. The van der Waals surface area contributed by atoms with Gasteiger partial charge in [0.25, 0.3) is 0 Å². The Morgan fingerprint density at radius 1 is 1.26 bits per heavy atom. The number of nitrogens with zero attached hydrogens (tertiary/aromatic N) is 3. The maximum atomic E-state index is 13.8. The Morgan fingerprint density at radius 2 is 2.00 bits per heavy atom. The molecule has 0 aliphatic carbocycles. The van der Waals surface area contributed by atoms with Gasteiger partial charge in [-0.15, -0.1) is 0 Å². The summed E-state index contributed by atoms with van der Waals surface area (Å²) in [6.45, 7) is 0.122. The highest BCUT2D eigenvalue weighted by Gasteiger charge is 2.17. The van der Waals surface area contributed by atoms with Crippen molar-refractivity contribution in [2.75, 3.05) is 14.2 Å². The lowest BCUT2D eigenvalue weighted by Gasteiger charge is -2.15. The first-order chi connectivity index (χ1) is 13.0. The van der Waals surface area contributed by atoms with Gasteiger partial charge in [-0.05, 0) is 42.0 Å². The average Bonchev–Trinajstić information content (AvgIpc) is 3.12. The van der Waals surface area contributed by atoms with Crippen LogP contribution in [0.5, 0.6) is 5.75 Å². The number of amides is 1. The number of carbonyl (C=O) groups is 1. The fourth-order valence-electron chi connectivity index (χ4n) is 2.43. The van der Waals surface area contributed by atoms with E-state index in [1.54, 1.807) is 32.4 Å². The van der Waals surface area contributed by atoms with Crippen LogP contribution in [-0.2, 0) is 17.8 Å². The van der Waals surface area contributed by atoms with Crippen molar-refractivity contribution in [3.8, 4) is 17.1 Å². The Kier molecular flexibility index (Phi) is 5.71. The quantitative estimate of drug-likeness (QED) is 0.642. The molecule has 3 rings (SSSR count). The molecule has 0 saturated carbocycles. The summed E-state index contributed by atoms with van der Waals surface area (Å²) < 4.78 is 24.2. The first-order valence-corrected chi connectivity index (χ1v) is 8.49. The molecule has 0 spiro atoms. The highest BCUT2D eigenvalue weighted by atomic mass is 35.5. The minimum absolute atomic E-state index is 0.0843. The van der Waals surface area contributed by atoms with Crippen LogP contribution in [-0.4, -0.2) is 35.1 Å². The summed E-state index contributed by atoms with van der Waals surface area (Å²) in [5, 5.41) is 4.21. The molecule has 1 amide bonds. The number of ether oxygens (including phenoxy) is 1. The number of aromatic nitrogens is 2. The number of methoxy groups -OCH3 is 1. The van der Waals surface area contributed by atoms with Gasteiger partial charge in [-0.1, -0.05) is 22.8 Å². The lowest BCUT2D eigenvalue weighted by atomic mass is 10.1. The van der Waals surface area contributed by atoms with E-state index in [1.165, 1.54) is 17.0 Å². The van der Waals surface area contributed by atoms with E-state index in [0.29, 0.717) is 5.82 Å². The van der Waals surface area contributed by atoms with E-state index in [0.717, 1.165) is 11.3 Å². The zero-order chi connectivity index (χ0) is 19.4. The monoisotopic (exact) mass is 389 g/mol. The van der Waals surface area contributed by atoms with Crippen LogP contribution in [0.3, 0.4) is 0 Å². The van der Waals surface area contributed by atoms with Crippen molar-refractivity contribution in [2.24, 2.45) is 0 Å². The summed E-state index contributed by atoms with van der Waals surface area (Å²) in [6.07, 6.45) is -0.0843. The number of carbonyl (C=O) groups excluding carboxylic acids is 1. The van der Waals surface area contributed by atoms with Crippen molar-refractivity contribution in [1.82, 2.24) is 15.0 Å². The molecule has 0 aliphatic rings. The predicted octanol–water partition coefficient (Wildman–Crippen LogP) is 3.74. The largest absolute Gasteiger partial charge is 0.497 e. The van der Waals surface area contributed by atoms with E-state index >= 15 is 0 Å². The second kappa shape index (κ2) is 8.18. The predicted molar refractivity (Wildman–Crippen MR) is 97.9 cm³/mol. The minimum Gasteiger partial charge on any atom is -0.497 e. The Labute approximate surface area is 160 Å². The summed E-state index contributed by atoms with van der Waals surface area (Å²) in [5.74, 6) is 0.636. The molecule has 6 nitrogen and oxygen atoms in total. The summed E-state index contributed by atoms with van der Waals surface area (Å²) in [5.41, 5.74) is 1.05. The van der Waals surface area contributed by atoms with Gasteiger partial charge in [0.1, 0.15) is 11.6 Å². The molecule has 0 unspecified atom stereocenters. The van der Waals surface area contributed by atoms with E-state index in [-0.39, 0.29) is 35.3 Å². The third-order valence-electron chi connectivity index (χ3n) is 3.97. The maximum Gasteiger partial charge on any atom is 0.246 e. The number of likely N-dealkylation sites (N-methyl/N-ethyl adjacent to an activating group) is 1. The van der Waals surface area contributed by atoms with Crippen molar-refractivity contribution in [3.63, 3.8) is 0 Å². The highest BCUT2D eigenvalue weighted by molar-refractivity contribution is 6.30. The number of hydrogen-bond donors (Lipinski definition) is 0. The van der Waals surface area contributed by atoms with Gasteiger partial charge in [0, 0.05) is 17.6 Å². The van der Waals surface area contributed by atoms with Crippen molar-refractivity contribution < 1.29 is 18.4 Å². The second-order valence-corrected chi connectivity index (χ2v) is 6.34. The molecule has 3 aromatic rings. The van der Waals surface area contributed by atoms with Crippen LogP contribution >= 0.6 is 11.6 Å². The molecule has 2 aromatic carbocycles. The number of benzene rings is 2. The van der Waals surface area contributed by atoms with Crippen LogP contribution in [0, 0.1) is 5.82 Å².